The van der Waals surface area contributed by atoms with Crippen LogP contribution in [0.4, 0.5) is 5.69 Å². The number of aliphatic imine (C=N–C) groups is 1. The molecule has 0 bridgehead atoms. The summed E-state index contributed by atoms with van der Waals surface area (Å²) in [4.78, 5) is 15.4. The molecule has 0 saturated heterocycles. The van der Waals surface area contributed by atoms with Gasteiger partial charge < -0.3 is 10.5 Å². The van der Waals surface area contributed by atoms with Gasteiger partial charge in [0.2, 0.25) is 0 Å². The third-order valence-electron chi connectivity index (χ3n) is 2.02. The number of nitrogens with zero attached hydrogens (tertiary/aromatic N) is 1. The highest BCUT2D eigenvalue weighted by atomic mass is 35.5. The highest BCUT2D eigenvalue weighted by Crippen LogP contribution is 2.20. The van der Waals surface area contributed by atoms with E-state index < -0.39 is 0 Å². The van der Waals surface area contributed by atoms with Crippen molar-refractivity contribution in [3.63, 3.8) is 0 Å². The van der Waals surface area contributed by atoms with Gasteiger partial charge in [-0.25, -0.2) is 9.79 Å². The number of esters is 1. The lowest BCUT2D eigenvalue weighted by Crippen LogP contribution is -2.12. The topological polar surface area (TPSA) is 64.7 Å². The Hall–Kier alpha value is -1.55. The number of ether oxygens (including phenoxy) is 1. The number of nitrogens with two attached hydrogens (primary N) is 1. The molecule has 0 amide bonds. The molecule has 0 spiro atoms. The summed E-state index contributed by atoms with van der Waals surface area (Å²) in [5.74, 6) is 0.151. The molecule has 0 aliphatic rings. The summed E-state index contributed by atoms with van der Waals surface area (Å²) in [6.45, 7) is 1.84. The van der Waals surface area contributed by atoms with E-state index in [0.29, 0.717) is 17.1 Å². The van der Waals surface area contributed by atoms with E-state index in [1.54, 1.807) is 18.2 Å². The van der Waals surface area contributed by atoms with E-state index in [2.05, 4.69) is 9.73 Å². The average Bonchev–Trinajstić information content (AvgIpc) is 2.30. The van der Waals surface area contributed by atoms with E-state index in [1.165, 1.54) is 7.11 Å². The van der Waals surface area contributed by atoms with Crippen LogP contribution < -0.4 is 5.73 Å². The minimum atomic E-state index is -0.371. The maximum atomic E-state index is 11.3. The summed E-state index contributed by atoms with van der Waals surface area (Å²) < 4.78 is 4.61. The number of alkyl halides is 1. The molecule has 0 aromatic heterocycles. The second-order valence-electron chi connectivity index (χ2n) is 3.23. The highest BCUT2D eigenvalue weighted by molar-refractivity contribution is 6.28. The molecule has 1 aromatic rings. The number of halogens is 1. The molecule has 86 valence electrons. The van der Waals surface area contributed by atoms with Crippen LogP contribution in [0.5, 0.6) is 0 Å². The Morgan fingerprint density at radius 1 is 1.56 bits per heavy atom. The largest absolute Gasteiger partial charge is 0.465 e. The van der Waals surface area contributed by atoms with Crippen molar-refractivity contribution in [2.45, 2.75) is 6.92 Å². The van der Waals surface area contributed by atoms with Gasteiger partial charge in [0.25, 0.3) is 0 Å². The number of carbonyl (C=O) groups is 1. The predicted molar refractivity (Wildman–Crippen MR) is 64.5 cm³/mol. The normalized spacial score (nSPS) is 11.3. The number of carbonyl (C=O) groups excluding carboxylic acids is 1. The van der Waals surface area contributed by atoms with Crippen LogP contribution in [0, 0.1) is 6.92 Å². The minimum absolute atomic E-state index is 0.179. The fourth-order valence-electron chi connectivity index (χ4n) is 1.21. The highest BCUT2D eigenvalue weighted by Gasteiger charge is 2.07. The number of methoxy groups -OCH3 is 1. The molecule has 1 rings (SSSR count). The van der Waals surface area contributed by atoms with Crippen LogP contribution in [0.1, 0.15) is 15.9 Å². The summed E-state index contributed by atoms with van der Waals surface area (Å²) in [7, 11) is 1.34. The van der Waals surface area contributed by atoms with Crippen molar-refractivity contribution >= 4 is 29.1 Å². The number of hydrogen-bond acceptors (Lipinski definition) is 3. The number of amidine groups is 1. The van der Waals surface area contributed by atoms with Crippen molar-refractivity contribution in [1.29, 1.82) is 0 Å². The number of hydrogen-bond donors (Lipinski definition) is 1. The predicted octanol–water partition coefficient (Wildman–Crippen LogP) is 2.01. The van der Waals surface area contributed by atoms with Gasteiger partial charge in [-0.15, -0.1) is 11.6 Å². The van der Waals surface area contributed by atoms with Gasteiger partial charge >= 0.3 is 5.97 Å². The van der Waals surface area contributed by atoms with E-state index in [4.69, 9.17) is 17.3 Å². The van der Waals surface area contributed by atoms with Gasteiger partial charge in [0, 0.05) is 0 Å². The zero-order valence-corrected chi connectivity index (χ0v) is 9.91. The van der Waals surface area contributed by atoms with Gasteiger partial charge in [-0.3, -0.25) is 0 Å². The molecule has 0 atom stereocenters. The Labute approximate surface area is 99.1 Å². The molecule has 0 unspecified atom stereocenters. The maximum Gasteiger partial charge on any atom is 0.337 e. The van der Waals surface area contributed by atoms with E-state index in [9.17, 15) is 4.79 Å². The maximum absolute atomic E-state index is 11.3. The molecule has 0 heterocycles. The van der Waals surface area contributed by atoms with Crippen molar-refractivity contribution in [2.24, 2.45) is 10.7 Å². The number of rotatable bonds is 3. The molecule has 0 saturated carbocycles. The summed E-state index contributed by atoms with van der Waals surface area (Å²) in [6.07, 6.45) is 0. The third kappa shape index (κ3) is 2.97. The molecule has 2 N–H and O–H groups in total. The lowest BCUT2D eigenvalue weighted by atomic mass is 10.1. The fraction of sp³-hybridized carbons (Fsp3) is 0.273. The molecule has 0 aliphatic carbocycles. The van der Waals surface area contributed by atoms with Gasteiger partial charge in [0.05, 0.1) is 24.2 Å². The summed E-state index contributed by atoms with van der Waals surface area (Å²) in [5, 5.41) is 0. The first-order valence-electron chi connectivity index (χ1n) is 4.66. The standard InChI is InChI=1S/C11H13ClN2O2/c1-7-5-8(11(15)16-2)3-4-9(7)14-10(13)6-12/h3-5H,6H2,1-2H3,(H2,13,14). The molecular formula is C11H13ClN2O2. The van der Waals surface area contributed by atoms with E-state index in [-0.39, 0.29) is 11.8 Å². The van der Waals surface area contributed by atoms with Crippen LogP contribution in [0.3, 0.4) is 0 Å². The molecule has 16 heavy (non-hydrogen) atoms. The van der Waals surface area contributed by atoms with E-state index in [0.717, 1.165) is 5.56 Å². The minimum Gasteiger partial charge on any atom is -0.465 e. The van der Waals surface area contributed by atoms with Gasteiger partial charge in [-0.2, -0.15) is 0 Å². The molecule has 4 nitrogen and oxygen atoms in total. The lowest BCUT2D eigenvalue weighted by Gasteiger charge is -2.04. The number of aryl methyl sites for hydroxylation is 1. The van der Waals surface area contributed by atoms with Crippen molar-refractivity contribution in [1.82, 2.24) is 0 Å². The van der Waals surface area contributed by atoms with Gasteiger partial charge in [0.1, 0.15) is 5.84 Å². The van der Waals surface area contributed by atoms with Crippen LogP contribution in [-0.4, -0.2) is 24.8 Å². The molecule has 0 fully saturated rings. The first kappa shape index (κ1) is 12.5. The Kier molecular flexibility index (Phi) is 4.31. The van der Waals surface area contributed by atoms with Crippen molar-refractivity contribution in [2.75, 3.05) is 13.0 Å². The van der Waals surface area contributed by atoms with Crippen molar-refractivity contribution < 1.29 is 9.53 Å². The third-order valence-corrected chi connectivity index (χ3v) is 2.29. The second kappa shape index (κ2) is 5.51. The van der Waals surface area contributed by atoms with Crippen molar-refractivity contribution in [3.8, 4) is 0 Å². The van der Waals surface area contributed by atoms with Gasteiger partial charge in [-0.05, 0) is 30.7 Å². The van der Waals surface area contributed by atoms with Crippen LogP contribution in [0.15, 0.2) is 23.2 Å². The van der Waals surface area contributed by atoms with Crippen molar-refractivity contribution in [3.05, 3.63) is 29.3 Å². The zero-order valence-electron chi connectivity index (χ0n) is 9.16. The molecule has 0 aliphatic heterocycles. The summed E-state index contributed by atoms with van der Waals surface area (Å²) >= 11 is 5.53. The van der Waals surface area contributed by atoms with Crippen LogP contribution in [-0.2, 0) is 4.74 Å². The summed E-state index contributed by atoms with van der Waals surface area (Å²) in [5.41, 5.74) is 7.56. The molecule has 1 aromatic carbocycles. The monoisotopic (exact) mass is 240 g/mol. The Balaban J connectivity index is 3.05. The Bertz CT molecular complexity index is 430. The summed E-state index contributed by atoms with van der Waals surface area (Å²) in [6, 6.07) is 5.05. The zero-order chi connectivity index (χ0) is 12.1. The van der Waals surface area contributed by atoms with E-state index >= 15 is 0 Å². The quantitative estimate of drug-likeness (QED) is 0.380. The first-order valence-corrected chi connectivity index (χ1v) is 5.20. The second-order valence-corrected chi connectivity index (χ2v) is 3.50. The van der Waals surface area contributed by atoms with Crippen LogP contribution >= 0.6 is 11.6 Å². The van der Waals surface area contributed by atoms with Gasteiger partial charge in [-0.1, -0.05) is 0 Å². The molecule has 5 heteroatoms. The molecule has 0 radical (unpaired) electrons. The van der Waals surface area contributed by atoms with Crippen LogP contribution in [0.2, 0.25) is 0 Å². The van der Waals surface area contributed by atoms with Crippen LogP contribution in [0.25, 0.3) is 0 Å². The SMILES string of the molecule is COC(=O)c1ccc(N=C(N)CCl)c(C)c1. The first-order chi connectivity index (χ1) is 7.58. The fourth-order valence-corrected chi connectivity index (χ4v) is 1.27. The average molecular weight is 241 g/mol. The Morgan fingerprint density at radius 3 is 2.75 bits per heavy atom. The Morgan fingerprint density at radius 2 is 2.25 bits per heavy atom. The molecular weight excluding hydrogens is 228 g/mol. The number of benzene rings is 1. The smallest absolute Gasteiger partial charge is 0.337 e. The van der Waals surface area contributed by atoms with Gasteiger partial charge in [0.15, 0.2) is 0 Å². The lowest BCUT2D eigenvalue weighted by molar-refractivity contribution is 0.0600. The van der Waals surface area contributed by atoms with E-state index in [1.807, 2.05) is 6.92 Å².